The molecule has 1 saturated heterocycles. The number of hydrogen-bond donors (Lipinski definition) is 1. The average molecular weight is 483 g/mol. The van der Waals surface area contributed by atoms with Crippen molar-refractivity contribution in [1.29, 1.82) is 0 Å². The van der Waals surface area contributed by atoms with Gasteiger partial charge in [-0.1, -0.05) is 24.1 Å². The van der Waals surface area contributed by atoms with Crippen LogP contribution in [-0.2, 0) is 24.3 Å². The van der Waals surface area contributed by atoms with Crippen LogP contribution in [0.5, 0.6) is 0 Å². The molecule has 0 radical (unpaired) electrons. The van der Waals surface area contributed by atoms with Crippen LogP contribution in [0, 0.1) is 0 Å². The van der Waals surface area contributed by atoms with E-state index in [0.717, 1.165) is 24.1 Å². The number of rotatable bonds is 7. The highest BCUT2D eigenvalue weighted by Gasteiger charge is 2.27. The Hall–Kier alpha value is -2.20. The summed E-state index contributed by atoms with van der Waals surface area (Å²) in [7, 11) is -3.68. The summed E-state index contributed by atoms with van der Waals surface area (Å²) in [5.41, 5.74) is 0.141. The summed E-state index contributed by atoms with van der Waals surface area (Å²) < 4.78 is 32.3. The molecule has 10 heteroatoms. The number of nitrogens with one attached hydrogen (secondary N) is 1. The highest BCUT2D eigenvalue weighted by molar-refractivity contribution is 7.89. The van der Waals surface area contributed by atoms with Gasteiger partial charge in [-0.15, -0.1) is 11.3 Å². The molecule has 1 aromatic carbocycles. The molecule has 1 N–H and O–H groups in total. The third-order valence-electron chi connectivity index (χ3n) is 4.74. The van der Waals surface area contributed by atoms with Crippen LogP contribution in [0.3, 0.4) is 0 Å². The van der Waals surface area contributed by atoms with Crippen LogP contribution >= 0.6 is 22.9 Å². The summed E-state index contributed by atoms with van der Waals surface area (Å²) >= 11 is 7.62. The molecule has 1 aliphatic rings. The van der Waals surface area contributed by atoms with Crippen molar-refractivity contribution in [1.82, 2.24) is 4.31 Å². The minimum atomic E-state index is -3.68. The molecule has 0 bridgehead atoms. The number of esters is 1. The van der Waals surface area contributed by atoms with Gasteiger partial charge in [-0.25, -0.2) is 13.2 Å². The highest BCUT2D eigenvalue weighted by atomic mass is 35.5. The molecule has 2 aromatic rings. The minimum absolute atomic E-state index is 0.0534. The van der Waals surface area contributed by atoms with Crippen LogP contribution in [0.15, 0.2) is 46.7 Å². The summed E-state index contributed by atoms with van der Waals surface area (Å²) in [6.07, 6.45) is 4.39. The SMILES string of the molecule is CC(OC(=O)/C=C/c1cccs1)C(=O)Nc1cc(S(=O)(=O)N2CCCCC2)ccc1Cl. The zero-order chi connectivity index (χ0) is 22.4. The maximum absolute atomic E-state index is 12.9. The van der Waals surface area contributed by atoms with Crippen molar-refractivity contribution in [2.75, 3.05) is 18.4 Å². The topological polar surface area (TPSA) is 92.8 Å². The third-order valence-corrected chi connectivity index (χ3v) is 7.80. The standard InChI is InChI=1S/C21H23ClN2O5S2/c1-15(29-20(25)10-7-16-6-5-13-30-16)21(26)23-19-14-17(8-9-18(19)22)31(27,28)24-11-3-2-4-12-24/h5-10,13-15H,2-4,11-12H2,1H3,(H,23,26)/b10-7+. The number of benzene rings is 1. The smallest absolute Gasteiger partial charge is 0.331 e. The molecule has 1 unspecified atom stereocenters. The molecule has 0 saturated carbocycles. The maximum atomic E-state index is 12.9. The van der Waals surface area contributed by atoms with Crippen molar-refractivity contribution in [2.45, 2.75) is 37.2 Å². The molecule has 3 rings (SSSR count). The lowest BCUT2D eigenvalue weighted by Gasteiger charge is -2.26. The molecule has 0 aliphatic carbocycles. The molecule has 166 valence electrons. The van der Waals surface area contributed by atoms with Gasteiger partial charge < -0.3 is 10.1 Å². The van der Waals surface area contributed by atoms with Gasteiger partial charge in [-0.05, 0) is 55.5 Å². The van der Waals surface area contributed by atoms with E-state index in [9.17, 15) is 18.0 Å². The molecule has 1 amide bonds. The number of carbonyl (C=O) groups is 2. The Balaban J connectivity index is 1.66. The van der Waals surface area contributed by atoms with E-state index in [1.807, 2.05) is 17.5 Å². The first-order valence-corrected chi connectivity index (χ1v) is 12.5. The number of nitrogens with zero attached hydrogens (tertiary/aromatic N) is 1. The Labute approximate surface area is 190 Å². The van der Waals surface area contributed by atoms with Gasteiger partial charge in [0.15, 0.2) is 6.10 Å². The van der Waals surface area contributed by atoms with E-state index in [1.54, 1.807) is 6.08 Å². The minimum Gasteiger partial charge on any atom is -0.449 e. The summed E-state index contributed by atoms with van der Waals surface area (Å²) in [6, 6.07) is 7.87. The molecule has 1 atom stereocenters. The quantitative estimate of drug-likeness (QED) is 0.472. The van der Waals surface area contributed by atoms with Gasteiger partial charge >= 0.3 is 5.97 Å². The van der Waals surface area contributed by atoms with Crippen LogP contribution in [0.25, 0.3) is 6.08 Å². The summed E-state index contributed by atoms with van der Waals surface area (Å²) in [5.74, 6) is -1.28. The first-order valence-electron chi connectivity index (χ1n) is 9.80. The molecular weight excluding hydrogens is 460 g/mol. The van der Waals surface area contributed by atoms with Gasteiger partial charge in [0.2, 0.25) is 10.0 Å². The molecule has 1 aliphatic heterocycles. The monoisotopic (exact) mass is 482 g/mol. The lowest BCUT2D eigenvalue weighted by Crippen LogP contribution is -2.35. The van der Waals surface area contributed by atoms with E-state index in [4.69, 9.17) is 16.3 Å². The number of ether oxygens (including phenoxy) is 1. The Bertz CT molecular complexity index is 1060. The lowest BCUT2D eigenvalue weighted by molar-refractivity contribution is -0.148. The maximum Gasteiger partial charge on any atom is 0.331 e. The van der Waals surface area contributed by atoms with Crippen molar-refractivity contribution >= 4 is 56.6 Å². The van der Waals surface area contributed by atoms with Crippen LogP contribution in [0.1, 0.15) is 31.1 Å². The van der Waals surface area contributed by atoms with Crippen molar-refractivity contribution in [3.05, 3.63) is 51.7 Å². The molecule has 31 heavy (non-hydrogen) atoms. The lowest BCUT2D eigenvalue weighted by atomic mass is 10.2. The summed E-state index contributed by atoms with van der Waals surface area (Å²) in [4.78, 5) is 25.3. The average Bonchev–Trinajstić information content (AvgIpc) is 3.28. The number of sulfonamides is 1. The highest BCUT2D eigenvalue weighted by Crippen LogP contribution is 2.28. The van der Waals surface area contributed by atoms with E-state index in [-0.39, 0.29) is 15.6 Å². The molecule has 7 nitrogen and oxygen atoms in total. The second-order valence-electron chi connectivity index (χ2n) is 7.02. The number of hydrogen-bond acceptors (Lipinski definition) is 6. The molecule has 2 heterocycles. The number of thiophene rings is 1. The number of carbonyl (C=O) groups excluding carboxylic acids is 2. The van der Waals surface area contributed by atoms with E-state index in [1.165, 1.54) is 46.8 Å². The van der Waals surface area contributed by atoms with Crippen LogP contribution in [-0.4, -0.2) is 43.8 Å². The van der Waals surface area contributed by atoms with E-state index >= 15 is 0 Å². The van der Waals surface area contributed by atoms with Crippen molar-refractivity contribution < 1.29 is 22.7 Å². The predicted octanol–water partition coefficient (Wildman–Crippen LogP) is 4.16. The van der Waals surface area contributed by atoms with E-state index < -0.39 is 28.0 Å². The van der Waals surface area contributed by atoms with E-state index in [2.05, 4.69) is 5.32 Å². The predicted molar refractivity (Wildman–Crippen MR) is 122 cm³/mol. The number of amides is 1. The molecule has 0 spiro atoms. The number of anilines is 1. The second kappa shape index (κ2) is 10.4. The van der Waals surface area contributed by atoms with Crippen LogP contribution in [0.4, 0.5) is 5.69 Å². The number of piperidine rings is 1. The Morgan fingerprint density at radius 3 is 2.65 bits per heavy atom. The van der Waals surface area contributed by atoms with Crippen molar-refractivity contribution in [2.24, 2.45) is 0 Å². The normalized spacial score (nSPS) is 16.2. The third kappa shape index (κ3) is 6.16. The Kier molecular flexibility index (Phi) is 7.88. The van der Waals surface area contributed by atoms with Crippen molar-refractivity contribution in [3.63, 3.8) is 0 Å². The van der Waals surface area contributed by atoms with Crippen molar-refractivity contribution in [3.8, 4) is 0 Å². The zero-order valence-corrected chi connectivity index (χ0v) is 19.3. The Morgan fingerprint density at radius 2 is 1.97 bits per heavy atom. The summed E-state index contributed by atoms with van der Waals surface area (Å²) in [5, 5.41) is 4.61. The fourth-order valence-electron chi connectivity index (χ4n) is 3.05. The fraction of sp³-hybridized carbons (Fsp3) is 0.333. The van der Waals surface area contributed by atoms with Gasteiger partial charge in [0.05, 0.1) is 15.6 Å². The van der Waals surface area contributed by atoms with E-state index in [0.29, 0.717) is 13.1 Å². The van der Waals surface area contributed by atoms with Gasteiger partial charge in [-0.3, -0.25) is 4.79 Å². The van der Waals surface area contributed by atoms with Gasteiger partial charge in [0.25, 0.3) is 5.91 Å². The summed E-state index contributed by atoms with van der Waals surface area (Å²) in [6.45, 7) is 2.37. The largest absolute Gasteiger partial charge is 0.449 e. The molecule has 1 aromatic heterocycles. The first kappa shape index (κ1) is 23.5. The fourth-order valence-corrected chi connectivity index (χ4v) is 5.38. The Morgan fingerprint density at radius 1 is 1.23 bits per heavy atom. The first-order chi connectivity index (χ1) is 14.8. The molecule has 1 fully saturated rings. The number of halogens is 1. The van der Waals surface area contributed by atoms with Crippen LogP contribution < -0.4 is 5.32 Å². The second-order valence-corrected chi connectivity index (χ2v) is 10.3. The zero-order valence-electron chi connectivity index (χ0n) is 16.9. The van der Waals surface area contributed by atoms with Gasteiger partial charge in [-0.2, -0.15) is 4.31 Å². The molecular formula is C21H23ClN2O5S2. The van der Waals surface area contributed by atoms with Crippen LogP contribution in [0.2, 0.25) is 5.02 Å². The van der Waals surface area contributed by atoms with Gasteiger partial charge in [0, 0.05) is 24.0 Å². The van der Waals surface area contributed by atoms with Gasteiger partial charge in [0.1, 0.15) is 0 Å².